The summed E-state index contributed by atoms with van der Waals surface area (Å²) in [6.07, 6.45) is 0.125. The number of ether oxygens (including phenoxy) is 1. The summed E-state index contributed by atoms with van der Waals surface area (Å²) in [6, 6.07) is 16.1. The number of hydrogen-bond donors (Lipinski definition) is 2. The van der Waals surface area contributed by atoms with E-state index in [-0.39, 0.29) is 32.0 Å². The van der Waals surface area contributed by atoms with Crippen LogP contribution in [-0.2, 0) is 21.5 Å². The molecule has 134 valence electrons. The van der Waals surface area contributed by atoms with Crippen molar-refractivity contribution in [1.82, 2.24) is 0 Å². The van der Waals surface area contributed by atoms with Crippen LogP contribution in [0.5, 0.6) is 0 Å². The number of hydrogen-bond acceptors (Lipinski definition) is 5. The van der Waals surface area contributed by atoms with Gasteiger partial charge in [-0.1, -0.05) is 54.6 Å². The second-order valence-corrected chi connectivity index (χ2v) is 7.30. The average molecular weight is 363 g/mol. The fraction of sp³-hybridized carbons (Fsp3) is 0.278. The molecule has 7 heteroatoms. The molecule has 6 nitrogen and oxygen atoms in total. The van der Waals surface area contributed by atoms with Gasteiger partial charge in [-0.05, 0) is 12.0 Å². The van der Waals surface area contributed by atoms with Crippen molar-refractivity contribution in [2.45, 2.75) is 18.3 Å². The molecule has 0 aliphatic heterocycles. The Morgan fingerprint density at radius 1 is 1.04 bits per heavy atom. The molecule has 0 aromatic heterocycles. The Balaban J connectivity index is 1.86. The lowest BCUT2D eigenvalue weighted by Gasteiger charge is -2.11. The summed E-state index contributed by atoms with van der Waals surface area (Å²) >= 11 is 0. The molecule has 2 aromatic rings. The fourth-order valence-electron chi connectivity index (χ4n) is 2.30. The van der Waals surface area contributed by atoms with Crippen molar-refractivity contribution in [3.8, 4) is 0 Å². The monoisotopic (exact) mass is 363 g/mol. The number of rotatable bonds is 9. The first-order valence-corrected chi connectivity index (χ1v) is 9.35. The maximum Gasteiger partial charge on any atom is 0.269 e. The van der Waals surface area contributed by atoms with Crippen LogP contribution < -0.4 is 5.73 Å². The molecule has 0 spiro atoms. The second-order valence-electron chi connectivity index (χ2n) is 5.61. The van der Waals surface area contributed by atoms with Gasteiger partial charge < -0.3 is 10.5 Å². The lowest BCUT2D eigenvalue weighted by atomic mass is 10.0. The predicted octanol–water partition coefficient (Wildman–Crippen LogP) is 2.04. The molecule has 0 heterocycles. The summed E-state index contributed by atoms with van der Waals surface area (Å²) in [5.41, 5.74) is 7.40. The standard InChI is InChI=1S/C18H21NO5S/c19-12-17(25(21,22)23)10-11-24-13-14-6-8-16(9-7-14)18(20)15-4-2-1-3-5-15/h1-9,17H,10-13,19H2,(H,21,22,23). The Kier molecular flexibility index (Phi) is 6.83. The zero-order valence-electron chi connectivity index (χ0n) is 13.7. The van der Waals surface area contributed by atoms with Gasteiger partial charge in [0.15, 0.2) is 5.78 Å². The van der Waals surface area contributed by atoms with Gasteiger partial charge in [-0.2, -0.15) is 8.42 Å². The van der Waals surface area contributed by atoms with E-state index >= 15 is 0 Å². The number of benzene rings is 2. The first-order valence-electron chi connectivity index (χ1n) is 7.84. The van der Waals surface area contributed by atoms with E-state index in [0.717, 1.165) is 5.56 Å². The Morgan fingerprint density at radius 2 is 1.64 bits per heavy atom. The highest BCUT2D eigenvalue weighted by atomic mass is 32.2. The predicted molar refractivity (Wildman–Crippen MR) is 95.0 cm³/mol. The van der Waals surface area contributed by atoms with Gasteiger partial charge in [0, 0.05) is 24.3 Å². The largest absolute Gasteiger partial charge is 0.377 e. The number of carbonyl (C=O) groups is 1. The van der Waals surface area contributed by atoms with Crippen LogP contribution in [0.2, 0.25) is 0 Å². The summed E-state index contributed by atoms with van der Waals surface area (Å²) in [4.78, 5) is 12.3. The molecule has 1 unspecified atom stereocenters. The molecular weight excluding hydrogens is 342 g/mol. The summed E-state index contributed by atoms with van der Waals surface area (Å²) in [5, 5.41) is -1.02. The lowest BCUT2D eigenvalue weighted by Crippen LogP contribution is -2.30. The van der Waals surface area contributed by atoms with E-state index in [1.165, 1.54) is 0 Å². The molecule has 25 heavy (non-hydrogen) atoms. The fourth-order valence-corrected chi connectivity index (χ4v) is 2.94. The van der Waals surface area contributed by atoms with Crippen molar-refractivity contribution in [3.05, 3.63) is 71.3 Å². The minimum absolute atomic E-state index is 0.0491. The van der Waals surface area contributed by atoms with Crippen molar-refractivity contribution in [2.75, 3.05) is 13.2 Å². The normalized spacial score (nSPS) is 12.7. The summed E-state index contributed by atoms with van der Waals surface area (Å²) < 4.78 is 36.5. The van der Waals surface area contributed by atoms with Gasteiger partial charge in [0.25, 0.3) is 10.1 Å². The van der Waals surface area contributed by atoms with Crippen molar-refractivity contribution in [3.63, 3.8) is 0 Å². The molecule has 0 fully saturated rings. The lowest BCUT2D eigenvalue weighted by molar-refractivity contribution is 0.103. The van der Waals surface area contributed by atoms with Crippen LogP contribution in [0.25, 0.3) is 0 Å². The molecule has 3 N–H and O–H groups in total. The minimum Gasteiger partial charge on any atom is -0.377 e. The van der Waals surface area contributed by atoms with Crippen molar-refractivity contribution in [1.29, 1.82) is 0 Å². The Morgan fingerprint density at radius 3 is 2.20 bits per heavy atom. The third-order valence-corrected chi connectivity index (χ3v) is 5.06. The van der Waals surface area contributed by atoms with Gasteiger partial charge in [0.2, 0.25) is 0 Å². The quantitative estimate of drug-likeness (QED) is 0.401. The molecule has 0 aliphatic carbocycles. The topological polar surface area (TPSA) is 107 Å². The zero-order valence-corrected chi connectivity index (χ0v) is 14.5. The maximum absolute atomic E-state index is 12.3. The third kappa shape index (κ3) is 5.75. The van der Waals surface area contributed by atoms with Crippen molar-refractivity contribution < 1.29 is 22.5 Å². The van der Waals surface area contributed by atoms with Crippen LogP contribution in [0.15, 0.2) is 54.6 Å². The number of ketones is 1. The van der Waals surface area contributed by atoms with Crippen LogP contribution in [-0.4, -0.2) is 37.2 Å². The van der Waals surface area contributed by atoms with E-state index in [4.69, 9.17) is 15.0 Å². The van der Waals surface area contributed by atoms with Crippen LogP contribution in [0.1, 0.15) is 27.9 Å². The van der Waals surface area contributed by atoms with Gasteiger partial charge in [-0.15, -0.1) is 0 Å². The van der Waals surface area contributed by atoms with Gasteiger partial charge in [0.1, 0.15) is 5.25 Å². The zero-order chi connectivity index (χ0) is 18.3. The Labute approximate surface area is 147 Å². The maximum atomic E-state index is 12.3. The van der Waals surface area contributed by atoms with Crippen molar-refractivity contribution >= 4 is 15.9 Å². The molecule has 0 amide bonds. The van der Waals surface area contributed by atoms with E-state index in [1.807, 2.05) is 18.2 Å². The van der Waals surface area contributed by atoms with Crippen LogP contribution >= 0.6 is 0 Å². The highest BCUT2D eigenvalue weighted by molar-refractivity contribution is 7.86. The number of carbonyl (C=O) groups excluding carboxylic acids is 1. The van der Waals surface area contributed by atoms with Crippen molar-refractivity contribution in [2.24, 2.45) is 5.73 Å². The molecule has 2 aromatic carbocycles. The third-order valence-electron chi connectivity index (χ3n) is 3.79. The molecule has 0 bridgehead atoms. The Hall–Kier alpha value is -2.06. The van der Waals surface area contributed by atoms with Crippen LogP contribution in [0, 0.1) is 0 Å². The highest BCUT2D eigenvalue weighted by Crippen LogP contribution is 2.12. The van der Waals surface area contributed by atoms with Gasteiger partial charge in [-0.3, -0.25) is 9.35 Å². The SMILES string of the molecule is NCC(CCOCc1ccc(C(=O)c2ccccc2)cc1)S(=O)(=O)O. The molecule has 0 aliphatic rings. The van der Waals surface area contributed by atoms with Gasteiger partial charge in [-0.25, -0.2) is 0 Å². The first-order chi connectivity index (χ1) is 11.9. The molecule has 2 rings (SSSR count). The molecule has 0 radical (unpaired) electrons. The molecule has 1 atom stereocenters. The molecule has 0 saturated heterocycles. The molecular formula is C18H21NO5S. The average Bonchev–Trinajstić information content (AvgIpc) is 2.61. The van der Waals surface area contributed by atoms with E-state index in [2.05, 4.69) is 0 Å². The van der Waals surface area contributed by atoms with E-state index < -0.39 is 15.4 Å². The Bertz CT molecular complexity index is 788. The second kappa shape index (κ2) is 8.87. The van der Waals surface area contributed by atoms with Crippen LogP contribution in [0.3, 0.4) is 0 Å². The molecule has 0 saturated carbocycles. The summed E-state index contributed by atoms with van der Waals surface area (Å²) in [5.74, 6) is -0.0491. The van der Waals surface area contributed by atoms with Crippen LogP contribution in [0.4, 0.5) is 0 Å². The number of nitrogens with two attached hydrogens (primary N) is 1. The highest BCUT2D eigenvalue weighted by Gasteiger charge is 2.20. The van der Waals surface area contributed by atoms with E-state index in [0.29, 0.717) is 11.1 Å². The van der Waals surface area contributed by atoms with E-state index in [1.54, 1.807) is 36.4 Å². The first kappa shape index (κ1) is 19.3. The summed E-state index contributed by atoms with van der Waals surface area (Å²) in [6.45, 7) is 0.285. The van der Waals surface area contributed by atoms with Gasteiger partial charge in [0.05, 0.1) is 6.61 Å². The van der Waals surface area contributed by atoms with Gasteiger partial charge >= 0.3 is 0 Å². The summed E-state index contributed by atoms with van der Waals surface area (Å²) in [7, 11) is -4.14. The minimum atomic E-state index is -4.14. The van der Waals surface area contributed by atoms with E-state index in [9.17, 15) is 13.2 Å². The smallest absolute Gasteiger partial charge is 0.269 e.